The van der Waals surface area contributed by atoms with Gasteiger partial charge in [0.1, 0.15) is 5.41 Å². The Balaban J connectivity index is 0.000000502. The Hall–Kier alpha value is -2.97. The van der Waals surface area contributed by atoms with Gasteiger partial charge in [0, 0.05) is 29.5 Å². The van der Waals surface area contributed by atoms with Gasteiger partial charge in [0.15, 0.2) is 0 Å². The maximum atomic E-state index is 11.0. The summed E-state index contributed by atoms with van der Waals surface area (Å²) in [4.78, 5) is 21.7. The van der Waals surface area contributed by atoms with Crippen LogP contribution in [0.15, 0.2) is 65.6 Å². The number of carboxylic acid groups (broad SMARTS) is 2. The fraction of sp³-hybridized carbons (Fsp3) is 0.167. The van der Waals surface area contributed by atoms with Crippen LogP contribution >= 0.6 is 24.8 Å². The van der Waals surface area contributed by atoms with Gasteiger partial charge < -0.3 is 21.7 Å². The van der Waals surface area contributed by atoms with Gasteiger partial charge in [-0.1, -0.05) is 30.3 Å². The third-order valence-electron chi connectivity index (χ3n) is 4.10. The van der Waals surface area contributed by atoms with E-state index in [9.17, 15) is 9.59 Å². The molecule has 1 aromatic carbocycles. The van der Waals surface area contributed by atoms with Gasteiger partial charge in [-0.05, 0) is 19.1 Å². The Bertz CT molecular complexity index is 867. The zero-order valence-corrected chi connectivity index (χ0v) is 16.6. The lowest BCUT2D eigenvalue weighted by Crippen LogP contribution is -2.39. The number of aliphatic carboxylic acids is 2. The summed E-state index contributed by atoms with van der Waals surface area (Å²) in [7, 11) is 0. The highest BCUT2D eigenvalue weighted by Crippen LogP contribution is 2.36. The monoisotopic (exact) mass is 428 g/mol. The number of nitrogens with two attached hydrogens (primary N) is 2. The Morgan fingerprint density at radius 1 is 1.11 bits per heavy atom. The summed E-state index contributed by atoms with van der Waals surface area (Å²) < 4.78 is 0. The number of hydrogen-bond donors (Lipinski definition) is 5. The van der Waals surface area contributed by atoms with Crippen molar-refractivity contribution in [1.82, 2.24) is 10.2 Å². The molecule has 1 atom stereocenters. The number of rotatable bonds is 3. The molecule has 28 heavy (non-hydrogen) atoms. The van der Waals surface area contributed by atoms with Crippen molar-refractivity contribution >= 4 is 36.8 Å². The van der Waals surface area contributed by atoms with Crippen LogP contribution in [-0.2, 0) is 9.59 Å². The maximum Gasteiger partial charge on any atom is 0.331 e. The molecule has 3 rings (SSSR count). The number of carboxylic acids is 2. The van der Waals surface area contributed by atoms with E-state index >= 15 is 0 Å². The van der Waals surface area contributed by atoms with Gasteiger partial charge in [-0.3, -0.25) is 9.89 Å². The van der Waals surface area contributed by atoms with E-state index in [4.69, 9.17) is 21.7 Å². The molecule has 1 aromatic heterocycles. The van der Waals surface area contributed by atoms with Gasteiger partial charge in [0.2, 0.25) is 0 Å². The predicted molar refractivity (Wildman–Crippen MR) is 110 cm³/mol. The number of carbonyl (C=O) groups is 2. The zero-order valence-electron chi connectivity index (χ0n) is 15.0. The quantitative estimate of drug-likeness (QED) is 0.502. The molecular formula is C18H22Cl2N4O4. The van der Waals surface area contributed by atoms with Crippen LogP contribution in [0.4, 0.5) is 0 Å². The van der Waals surface area contributed by atoms with Gasteiger partial charge in [0.25, 0.3) is 0 Å². The van der Waals surface area contributed by atoms with Gasteiger partial charge in [-0.2, -0.15) is 5.10 Å². The van der Waals surface area contributed by atoms with Crippen molar-refractivity contribution in [2.45, 2.75) is 13.3 Å². The highest BCUT2D eigenvalue weighted by molar-refractivity contribution is 5.91. The van der Waals surface area contributed by atoms with Crippen molar-refractivity contribution in [3.05, 3.63) is 65.6 Å². The van der Waals surface area contributed by atoms with E-state index in [1.165, 1.54) is 13.0 Å². The van der Waals surface area contributed by atoms with Crippen molar-refractivity contribution in [3.63, 3.8) is 0 Å². The van der Waals surface area contributed by atoms with Crippen LogP contribution in [0.2, 0.25) is 0 Å². The summed E-state index contributed by atoms with van der Waals surface area (Å²) in [6.07, 6.45) is 2.86. The molecule has 0 spiro atoms. The van der Waals surface area contributed by atoms with E-state index in [2.05, 4.69) is 10.2 Å². The normalized spacial score (nSPS) is 17.8. The molecule has 0 saturated heterocycles. The fourth-order valence-corrected chi connectivity index (χ4v) is 2.47. The van der Waals surface area contributed by atoms with Crippen molar-refractivity contribution in [3.8, 4) is 11.3 Å². The predicted octanol–water partition coefficient (Wildman–Crippen LogP) is 2.54. The van der Waals surface area contributed by atoms with Crippen LogP contribution in [0.1, 0.15) is 13.3 Å². The van der Waals surface area contributed by atoms with Crippen molar-refractivity contribution in [1.29, 1.82) is 0 Å². The van der Waals surface area contributed by atoms with E-state index in [0.717, 1.165) is 11.3 Å². The molecule has 7 N–H and O–H groups in total. The summed E-state index contributed by atoms with van der Waals surface area (Å²) in [6, 6.07) is 12.0. The average molecular weight is 429 g/mol. The van der Waals surface area contributed by atoms with Crippen LogP contribution < -0.4 is 11.5 Å². The largest absolute Gasteiger partial charge is 0.481 e. The number of halogens is 2. The number of aromatic amines is 1. The molecule has 0 fully saturated rings. The van der Waals surface area contributed by atoms with Crippen LogP contribution in [0, 0.1) is 5.41 Å². The molecule has 0 bridgehead atoms. The molecular weight excluding hydrogens is 407 g/mol. The zero-order chi connectivity index (χ0) is 19.3. The van der Waals surface area contributed by atoms with Crippen molar-refractivity contribution in [2.75, 3.05) is 0 Å². The molecule has 152 valence electrons. The van der Waals surface area contributed by atoms with E-state index in [-0.39, 0.29) is 48.2 Å². The first-order chi connectivity index (χ1) is 12.3. The third-order valence-corrected chi connectivity index (χ3v) is 4.10. The lowest BCUT2D eigenvalue weighted by atomic mass is 9.76. The van der Waals surface area contributed by atoms with Crippen LogP contribution in [-0.4, -0.2) is 32.3 Å². The first-order valence-electron chi connectivity index (χ1n) is 7.74. The number of benzene rings is 1. The number of H-pyrrole nitrogens is 1. The molecule has 0 radical (unpaired) electrons. The Kier molecular flexibility index (Phi) is 9.28. The number of nitrogens with zero attached hydrogens (tertiary/aromatic N) is 1. The minimum absolute atomic E-state index is 0. The second-order valence-electron chi connectivity index (χ2n) is 5.98. The minimum Gasteiger partial charge on any atom is -0.481 e. The lowest BCUT2D eigenvalue weighted by Gasteiger charge is -2.29. The summed E-state index contributed by atoms with van der Waals surface area (Å²) in [5.41, 5.74) is 11.7. The Morgan fingerprint density at radius 2 is 1.71 bits per heavy atom. The van der Waals surface area contributed by atoms with Crippen LogP contribution in [0.5, 0.6) is 0 Å². The van der Waals surface area contributed by atoms with Crippen molar-refractivity contribution < 1.29 is 19.8 Å². The second kappa shape index (κ2) is 10.4. The topological polar surface area (TPSA) is 155 Å². The smallest absolute Gasteiger partial charge is 0.331 e. The first kappa shape index (κ1) is 25.0. The molecule has 1 aliphatic rings. The number of hydrogen-bond acceptors (Lipinski definition) is 5. The maximum absolute atomic E-state index is 11.0. The second-order valence-corrected chi connectivity index (χ2v) is 5.98. The molecule has 0 aliphatic heterocycles. The van der Waals surface area contributed by atoms with Gasteiger partial charge in [0.05, 0.1) is 11.4 Å². The van der Waals surface area contributed by atoms with Gasteiger partial charge >= 0.3 is 11.9 Å². The highest BCUT2D eigenvalue weighted by Gasteiger charge is 2.41. The molecule has 2 aromatic rings. The number of nitrogens with one attached hydrogen (secondary N) is 1. The number of allylic oxidation sites excluding steroid dienone is 1. The van der Waals surface area contributed by atoms with Crippen LogP contribution in [0.25, 0.3) is 11.3 Å². The standard InChI is InChI=1S/C9H12N2O4.C9H8N2.2ClH/c1-9(8(14)15)3-4(7(12)13)2-5(10)6(9)11;1-2-4-8(5-3-1)9-6-7-10-11-9;;/h2H,3,10-11H2,1H3,(H,12,13)(H,14,15);1-7H,(H,10,11);2*1H. The summed E-state index contributed by atoms with van der Waals surface area (Å²) in [5.74, 6) is -2.37. The van der Waals surface area contributed by atoms with Gasteiger partial charge in [-0.15, -0.1) is 24.8 Å². The minimum atomic E-state index is -1.44. The first-order valence-corrected chi connectivity index (χ1v) is 7.74. The molecule has 1 heterocycles. The summed E-state index contributed by atoms with van der Waals surface area (Å²) in [5, 5.41) is 24.6. The third kappa shape index (κ3) is 5.51. The summed E-state index contributed by atoms with van der Waals surface area (Å²) in [6.45, 7) is 1.35. The Labute approximate surface area is 174 Å². The molecule has 10 heteroatoms. The Morgan fingerprint density at radius 3 is 2.18 bits per heavy atom. The molecule has 1 unspecified atom stereocenters. The highest BCUT2D eigenvalue weighted by atomic mass is 35.5. The molecule has 1 aliphatic carbocycles. The van der Waals surface area contributed by atoms with Gasteiger partial charge in [-0.25, -0.2) is 4.79 Å². The van der Waals surface area contributed by atoms with E-state index in [1.807, 2.05) is 42.6 Å². The molecule has 0 saturated carbocycles. The number of aromatic nitrogens is 2. The lowest BCUT2D eigenvalue weighted by molar-refractivity contribution is -0.146. The van der Waals surface area contributed by atoms with E-state index in [1.54, 1.807) is 0 Å². The molecule has 8 nitrogen and oxygen atoms in total. The van der Waals surface area contributed by atoms with E-state index in [0.29, 0.717) is 0 Å². The molecule has 0 amide bonds. The fourth-order valence-electron chi connectivity index (χ4n) is 2.47. The van der Waals surface area contributed by atoms with E-state index < -0.39 is 17.4 Å². The SMILES string of the molecule is CC1(C(=O)O)CC(C(=O)O)=CC(N)=C1N.Cl.Cl.c1ccc(-c2cc[nH]n2)cc1. The van der Waals surface area contributed by atoms with Crippen molar-refractivity contribution in [2.24, 2.45) is 16.9 Å². The average Bonchev–Trinajstić information content (AvgIpc) is 3.15. The van der Waals surface area contributed by atoms with Crippen LogP contribution in [0.3, 0.4) is 0 Å². The summed E-state index contributed by atoms with van der Waals surface area (Å²) >= 11 is 0.